The summed E-state index contributed by atoms with van der Waals surface area (Å²) >= 11 is 0. The van der Waals surface area contributed by atoms with Crippen molar-refractivity contribution in [2.45, 2.75) is 33.6 Å². The number of nitrogens with one attached hydrogen (secondary N) is 1. The van der Waals surface area contributed by atoms with Crippen LogP contribution in [-0.4, -0.2) is 27.3 Å². The molecule has 1 unspecified atom stereocenters. The quantitative estimate of drug-likeness (QED) is 0.787. The molecule has 114 valence electrons. The van der Waals surface area contributed by atoms with Gasteiger partial charge in [0.25, 0.3) is 0 Å². The second-order valence-electron chi connectivity index (χ2n) is 6.02. The van der Waals surface area contributed by atoms with Gasteiger partial charge in [-0.25, -0.2) is 0 Å². The van der Waals surface area contributed by atoms with Gasteiger partial charge in [-0.2, -0.15) is 0 Å². The van der Waals surface area contributed by atoms with E-state index in [9.17, 15) is 0 Å². The zero-order valence-corrected chi connectivity index (χ0v) is 13.7. The highest BCUT2D eigenvalue weighted by Gasteiger charge is 2.17. The summed E-state index contributed by atoms with van der Waals surface area (Å²) in [5, 5.41) is 3.56. The van der Waals surface area contributed by atoms with E-state index in [4.69, 9.17) is 9.47 Å². The summed E-state index contributed by atoms with van der Waals surface area (Å²) in [5.74, 6) is 3.32. The van der Waals surface area contributed by atoms with Crippen LogP contribution in [0.4, 0.5) is 0 Å². The Morgan fingerprint density at radius 1 is 0.950 bits per heavy atom. The number of rotatable bonds is 8. The maximum absolute atomic E-state index is 5.40. The summed E-state index contributed by atoms with van der Waals surface area (Å²) in [6, 6.07) is 6.23. The maximum Gasteiger partial charge on any atom is 0.160 e. The summed E-state index contributed by atoms with van der Waals surface area (Å²) in [7, 11) is 3.35. The third kappa shape index (κ3) is 4.71. The Morgan fingerprint density at radius 3 is 2.10 bits per heavy atom. The largest absolute Gasteiger partial charge is 0.493 e. The van der Waals surface area contributed by atoms with E-state index in [1.54, 1.807) is 14.2 Å². The van der Waals surface area contributed by atoms with Crippen LogP contribution in [0.2, 0.25) is 0 Å². The van der Waals surface area contributed by atoms with Gasteiger partial charge < -0.3 is 14.8 Å². The van der Waals surface area contributed by atoms with Gasteiger partial charge in [0.2, 0.25) is 0 Å². The molecular formula is C17H29NO2. The molecule has 0 aromatic heterocycles. The fraction of sp³-hybridized carbons (Fsp3) is 0.647. The van der Waals surface area contributed by atoms with Crippen LogP contribution in [0.25, 0.3) is 0 Å². The fourth-order valence-corrected chi connectivity index (χ4v) is 2.35. The molecule has 0 amide bonds. The summed E-state index contributed by atoms with van der Waals surface area (Å²) < 4.78 is 10.7. The second kappa shape index (κ2) is 8.15. The molecule has 0 saturated heterocycles. The zero-order chi connectivity index (χ0) is 15.1. The van der Waals surface area contributed by atoms with E-state index >= 15 is 0 Å². The van der Waals surface area contributed by atoms with Gasteiger partial charge in [0.1, 0.15) is 0 Å². The van der Waals surface area contributed by atoms with E-state index < -0.39 is 0 Å². The lowest BCUT2D eigenvalue weighted by Gasteiger charge is -2.23. The summed E-state index contributed by atoms with van der Waals surface area (Å²) in [5.41, 5.74) is 1.30. The van der Waals surface area contributed by atoms with Crippen LogP contribution in [0.5, 0.6) is 11.5 Å². The smallest absolute Gasteiger partial charge is 0.160 e. The van der Waals surface area contributed by atoms with Gasteiger partial charge in [0, 0.05) is 6.54 Å². The second-order valence-corrected chi connectivity index (χ2v) is 6.02. The predicted octanol–water partition coefficient (Wildman–Crippen LogP) is 3.69. The number of benzene rings is 1. The van der Waals surface area contributed by atoms with E-state index in [1.165, 1.54) is 5.56 Å². The lowest BCUT2D eigenvalue weighted by atomic mass is 9.88. The first-order valence-electron chi connectivity index (χ1n) is 7.42. The van der Waals surface area contributed by atoms with Crippen molar-refractivity contribution < 1.29 is 9.47 Å². The molecule has 3 heteroatoms. The van der Waals surface area contributed by atoms with Gasteiger partial charge in [-0.3, -0.25) is 0 Å². The molecule has 1 atom stereocenters. The van der Waals surface area contributed by atoms with Gasteiger partial charge in [0.15, 0.2) is 11.5 Å². The monoisotopic (exact) mass is 279 g/mol. The molecule has 0 aliphatic carbocycles. The van der Waals surface area contributed by atoms with Crippen molar-refractivity contribution in [1.82, 2.24) is 5.32 Å². The van der Waals surface area contributed by atoms with Crippen molar-refractivity contribution in [2.24, 2.45) is 11.8 Å². The van der Waals surface area contributed by atoms with Gasteiger partial charge in [-0.1, -0.05) is 33.8 Å². The van der Waals surface area contributed by atoms with Crippen LogP contribution in [0.15, 0.2) is 18.2 Å². The zero-order valence-electron chi connectivity index (χ0n) is 13.7. The lowest BCUT2D eigenvalue weighted by Crippen LogP contribution is -2.27. The minimum absolute atomic E-state index is 0.480. The Bertz CT molecular complexity index is 402. The molecule has 1 aromatic carbocycles. The van der Waals surface area contributed by atoms with Gasteiger partial charge in [0.05, 0.1) is 14.2 Å². The maximum atomic E-state index is 5.40. The summed E-state index contributed by atoms with van der Waals surface area (Å²) in [4.78, 5) is 0. The number of hydrogen-bond acceptors (Lipinski definition) is 3. The molecule has 1 rings (SSSR count). The lowest BCUT2D eigenvalue weighted by molar-refractivity contribution is 0.353. The highest BCUT2D eigenvalue weighted by molar-refractivity contribution is 5.44. The number of hydrogen-bond donors (Lipinski definition) is 1. The molecule has 0 bridgehead atoms. The predicted molar refractivity (Wildman–Crippen MR) is 84.8 cm³/mol. The van der Waals surface area contributed by atoms with E-state index in [0.29, 0.717) is 17.8 Å². The first-order chi connectivity index (χ1) is 9.49. The van der Waals surface area contributed by atoms with Crippen molar-refractivity contribution in [3.8, 4) is 11.5 Å². The van der Waals surface area contributed by atoms with Crippen molar-refractivity contribution in [1.29, 1.82) is 0 Å². The molecule has 3 nitrogen and oxygen atoms in total. The Balaban J connectivity index is 2.86. The third-order valence-corrected chi connectivity index (χ3v) is 3.56. The normalized spacial score (nSPS) is 12.8. The highest BCUT2D eigenvalue weighted by Crippen LogP contribution is 2.33. The van der Waals surface area contributed by atoms with Crippen molar-refractivity contribution >= 4 is 0 Å². The SMILES string of the molecule is COc1ccc(C(CNCC(C)C)C(C)C)cc1OC. The van der Waals surface area contributed by atoms with Crippen LogP contribution in [0, 0.1) is 11.8 Å². The minimum Gasteiger partial charge on any atom is -0.493 e. The first-order valence-corrected chi connectivity index (χ1v) is 7.42. The molecule has 0 radical (unpaired) electrons. The number of ether oxygens (including phenoxy) is 2. The summed E-state index contributed by atoms with van der Waals surface area (Å²) in [6.45, 7) is 11.0. The van der Waals surface area contributed by atoms with E-state index in [-0.39, 0.29) is 0 Å². The molecule has 0 spiro atoms. The van der Waals surface area contributed by atoms with E-state index in [1.807, 2.05) is 6.07 Å². The van der Waals surface area contributed by atoms with Crippen molar-refractivity contribution in [3.05, 3.63) is 23.8 Å². The molecule has 1 N–H and O–H groups in total. The standard InChI is InChI=1S/C17H29NO2/c1-12(2)10-18-11-15(13(3)4)14-7-8-16(19-5)17(9-14)20-6/h7-9,12-13,15,18H,10-11H2,1-6H3. The van der Waals surface area contributed by atoms with Crippen LogP contribution in [0.1, 0.15) is 39.2 Å². The molecule has 0 saturated carbocycles. The Kier molecular flexibility index (Phi) is 6.86. The molecular weight excluding hydrogens is 250 g/mol. The van der Waals surface area contributed by atoms with Crippen molar-refractivity contribution in [3.63, 3.8) is 0 Å². The van der Waals surface area contributed by atoms with Gasteiger partial charge in [-0.15, -0.1) is 0 Å². The van der Waals surface area contributed by atoms with E-state index in [2.05, 4.69) is 45.1 Å². The first kappa shape index (κ1) is 16.8. The van der Waals surface area contributed by atoms with Crippen molar-refractivity contribution in [2.75, 3.05) is 27.3 Å². The van der Waals surface area contributed by atoms with Crippen LogP contribution >= 0.6 is 0 Å². The Hall–Kier alpha value is -1.22. The van der Waals surface area contributed by atoms with E-state index in [0.717, 1.165) is 24.6 Å². The molecule has 0 aliphatic heterocycles. The minimum atomic E-state index is 0.480. The molecule has 1 aromatic rings. The molecule has 0 fully saturated rings. The molecule has 0 heterocycles. The molecule has 0 aliphatic rings. The Labute approximate surface area is 123 Å². The van der Waals surface area contributed by atoms with Crippen LogP contribution < -0.4 is 14.8 Å². The average molecular weight is 279 g/mol. The highest BCUT2D eigenvalue weighted by atomic mass is 16.5. The average Bonchev–Trinajstić information content (AvgIpc) is 2.42. The Morgan fingerprint density at radius 2 is 1.60 bits per heavy atom. The summed E-state index contributed by atoms with van der Waals surface area (Å²) in [6.07, 6.45) is 0. The van der Waals surface area contributed by atoms with Crippen LogP contribution in [0.3, 0.4) is 0 Å². The third-order valence-electron chi connectivity index (χ3n) is 3.56. The molecule has 20 heavy (non-hydrogen) atoms. The van der Waals surface area contributed by atoms with Gasteiger partial charge >= 0.3 is 0 Å². The van der Waals surface area contributed by atoms with Crippen LogP contribution in [-0.2, 0) is 0 Å². The number of methoxy groups -OCH3 is 2. The fourth-order valence-electron chi connectivity index (χ4n) is 2.35. The topological polar surface area (TPSA) is 30.5 Å². The van der Waals surface area contributed by atoms with Gasteiger partial charge in [-0.05, 0) is 42.0 Å².